The van der Waals surface area contributed by atoms with Gasteiger partial charge in [0, 0.05) is 24.8 Å². The SMILES string of the molecule is FC(F)(F)c1cc(OCc2ccccc2)cc(N2CCC2)c1. The van der Waals surface area contributed by atoms with Gasteiger partial charge in [-0.2, -0.15) is 13.2 Å². The number of hydrogen-bond donors (Lipinski definition) is 0. The third-order valence-electron chi connectivity index (χ3n) is 3.69. The Hall–Kier alpha value is -2.17. The molecule has 0 radical (unpaired) electrons. The molecule has 0 atom stereocenters. The van der Waals surface area contributed by atoms with E-state index in [1.165, 1.54) is 6.07 Å². The molecule has 0 aromatic heterocycles. The first kappa shape index (κ1) is 14.8. The van der Waals surface area contributed by atoms with Crippen LogP contribution in [0.3, 0.4) is 0 Å². The number of rotatable bonds is 4. The van der Waals surface area contributed by atoms with E-state index < -0.39 is 11.7 Å². The molecule has 2 aromatic rings. The van der Waals surface area contributed by atoms with Gasteiger partial charge in [-0.3, -0.25) is 0 Å². The van der Waals surface area contributed by atoms with Crippen LogP contribution in [0.25, 0.3) is 0 Å². The van der Waals surface area contributed by atoms with Gasteiger partial charge in [-0.05, 0) is 24.1 Å². The normalized spacial score (nSPS) is 14.6. The van der Waals surface area contributed by atoms with Crippen LogP contribution in [0.15, 0.2) is 48.5 Å². The minimum Gasteiger partial charge on any atom is -0.489 e. The summed E-state index contributed by atoms with van der Waals surface area (Å²) in [6, 6.07) is 13.3. The van der Waals surface area contributed by atoms with E-state index in [0.29, 0.717) is 5.69 Å². The van der Waals surface area contributed by atoms with Gasteiger partial charge in [-0.25, -0.2) is 0 Å². The average Bonchev–Trinajstić information content (AvgIpc) is 2.43. The van der Waals surface area contributed by atoms with Gasteiger partial charge in [-0.1, -0.05) is 30.3 Å². The molecule has 1 saturated heterocycles. The minimum absolute atomic E-state index is 0.251. The van der Waals surface area contributed by atoms with E-state index in [1.807, 2.05) is 35.2 Å². The molecular formula is C17H16F3NO. The van der Waals surface area contributed by atoms with Gasteiger partial charge < -0.3 is 9.64 Å². The summed E-state index contributed by atoms with van der Waals surface area (Å²) in [6.07, 6.45) is -3.36. The third-order valence-corrected chi connectivity index (χ3v) is 3.69. The minimum atomic E-state index is -4.37. The van der Waals surface area contributed by atoms with Crippen molar-refractivity contribution in [3.63, 3.8) is 0 Å². The maximum Gasteiger partial charge on any atom is 0.416 e. The Balaban J connectivity index is 1.82. The van der Waals surface area contributed by atoms with Crippen LogP contribution >= 0.6 is 0 Å². The van der Waals surface area contributed by atoms with Crippen molar-refractivity contribution in [1.82, 2.24) is 0 Å². The van der Waals surface area contributed by atoms with Gasteiger partial charge in [0.05, 0.1) is 5.56 Å². The molecule has 2 aromatic carbocycles. The number of hydrogen-bond acceptors (Lipinski definition) is 2. The number of alkyl halides is 3. The highest BCUT2D eigenvalue weighted by Crippen LogP contribution is 2.36. The molecule has 0 amide bonds. The zero-order valence-corrected chi connectivity index (χ0v) is 11.9. The second-order valence-electron chi connectivity index (χ2n) is 5.33. The van der Waals surface area contributed by atoms with Crippen molar-refractivity contribution < 1.29 is 17.9 Å². The van der Waals surface area contributed by atoms with Crippen LogP contribution in [0.1, 0.15) is 17.5 Å². The van der Waals surface area contributed by atoms with Gasteiger partial charge in [0.1, 0.15) is 12.4 Å². The molecule has 1 aliphatic rings. The molecule has 0 N–H and O–H groups in total. The molecule has 2 nitrogen and oxygen atoms in total. The summed E-state index contributed by atoms with van der Waals surface area (Å²) in [5.41, 5.74) is 0.828. The van der Waals surface area contributed by atoms with Crippen LogP contribution in [0, 0.1) is 0 Å². The molecule has 0 saturated carbocycles. The van der Waals surface area contributed by atoms with Crippen LogP contribution in [0.5, 0.6) is 5.75 Å². The Morgan fingerprint density at radius 2 is 1.73 bits per heavy atom. The van der Waals surface area contributed by atoms with Crippen molar-refractivity contribution in [2.45, 2.75) is 19.2 Å². The number of ether oxygens (including phenoxy) is 1. The van der Waals surface area contributed by atoms with E-state index in [2.05, 4.69) is 0 Å². The van der Waals surface area contributed by atoms with Crippen LogP contribution in [-0.2, 0) is 12.8 Å². The molecule has 0 bridgehead atoms. The highest BCUT2D eigenvalue weighted by molar-refractivity contribution is 5.55. The molecule has 0 unspecified atom stereocenters. The maximum absolute atomic E-state index is 13.0. The fraction of sp³-hybridized carbons (Fsp3) is 0.294. The lowest BCUT2D eigenvalue weighted by Crippen LogP contribution is -2.37. The van der Waals surface area contributed by atoms with Gasteiger partial charge >= 0.3 is 6.18 Å². The highest BCUT2D eigenvalue weighted by Gasteiger charge is 2.32. The van der Waals surface area contributed by atoms with E-state index in [-0.39, 0.29) is 12.4 Å². The lowest BCUT2D eigenvalue weighted by atomic mass is 10.1. The zero-order chi connectivity index (χ0) is 15.6. The van der Waals surface area contributed by atoms with E-state index >= 15 is 0 Å². The highest BCUT2D eigenvalue weighted by atomic mass is 19.4. The van der Waals surface area contributed by atoms with Crippen LogP contribution in [-0.4, -0.2) is 13.1 Å². The average molecular weight is 307 g/mol. The van der Waals surface area contributed by atoms with Crippen LogP contribution in [0.4, 0.5) is 18.9 Å². The molecule has 5 heteroatoms. The molecule has 0 spiro atoms. The van der Waals surface area contributed by atoms with Gasteiger partial charge in [0.15, 0.2) is 0 Å². The largest absolute Gasteiger partial charge is 0.489 e. The van der Waals surface area contributed by atoms with Crippen LogP contribution in [0.2, 0.25) is 0 Å². The smallest absolute Gasteiger partial charge is 0.416 e. The van der Waals surface area contributed by atoms with E-state index in [1.54, 1.807) is 6.07 Å². The number of benzene rings is 2. The molecule has 0 aliphatic carbocycles. The molecule has 22 heavy (non-hydrogen) atoms. The summed E-state index contributed by atoms with van der Waals surface area (Å²) in [5.74, 6) is 0.251. The summed E-state index contributed by atoms with van der Waals surface area (Å²) in [6.45, 7) is 1.83. The Bertz CT molecular complexity index is 636. The first-order chi connectivity index (χ1) is 10.5. The van der Waals surface area contributed by atoms with Gasteiger partial charge in [0.25, 0.3) is 0 Å². The van der Waals surface area contributed by atoms with Crippen molar-refractivity contribution >= 4 is 5.69 Å². The molecule has 116 valence electrons. The first-order valence-electron chi connectivity index (χ1n) is 7.16. The summed E-state index contributed by atoms with van der Waals surface area (Å²) < 4.78 is 44.6. The second-order valence-corrected chi connectivity index (χ2v) is 5.33. The monoisotopic (exact) mass is 307 g/mol. The quantitative estimate of drug-likeness (QED) is 0.825. The molecule has 1 aliphatic heterocycles. The fourth-order valence-electron chi connectivity index (χ4n) is 2.33. The van der Waals surface area contributed by atoms with Crippen molar-refractivity contribution in [2.75, 3.05) is 18.0 Å². The third kappa shape index (κ3) is 3.35. The van der Waals surface area contributed by atoms with E-state index in [0.717, 1.165) is 31.1 Å². The van der Waals surface area contributed by atoms with Crippen molar-refractivity contribution in [3.05, 3.63) is 59.7 Å². The topological polar surface area (TPSA) is 12.5 Å². The van der Waals surface area contributed by atoms with E-state index in [9.17, 15) is 13.2 Å². The second kappa shape index (κ2) is 5.91. The predicted molar refractivity (Wildman–Crippen MR) is 79.0 cm³/mol. The molecule has 1 fully saturated rings. The van der Waals surface area contributed by atoms with E-state index in [4.69, 9.17) is 4.74 Å². The summed E-state index contributed by atoms with van der Waals surface area (Å²) in [7, 11) is 0. The van der Waals surface area contributed by atoms with Crippen molar-refractivity contribution in [3.8, 4) is 5.75 Å². The Morgan fingerprint density at radius 1 is 1.00 bits per heavy atom. The summed E-state index contributed by atoms with van der Waals surface area (Å²) in [5, 5.41) is 0. The van der Waals surface area contributed by atoms with Gasteiger partial charge in [-0.15, -0.1) is 0 Å². The molecule has 3 rings (SSSR count). The standard InChI is InChI=1S/C17H16F3NO/c18-17(19,20)14-9-15(21-7-4-8-21)11-16(10-14)22-12-13-5-2-1-3-6-13/h1-3,5-6,9-11H,4,7-8,12H2. The molecule has 1 heterocycles. The summed E-state index contributed by atoms with van der Waals surface area (Å²) in [4.78, 5) is 1.92. The van der Waals surface area contributed by atoms with Crippen molar-refractivity contribution in [1.29, 1.82) is 0 Å². The summed E-state index contributed by atoms with van der Waals surface area (Å²) >= 11 is 0. The Morgan fingerprint density at radius 3 is 2.32 bits per heavy atom. The molecular weight excluding hydrogens is 291 g/mol. The maximum atomic E-state index is 13.0. The number of anilines is 1. The zero-order valence-electron chi connectivity index (χ0n) is 11.9. The fourth-order valence-corrected chi connectivity index (χ4v) is 2.33. The lowest BCUT2D eigenvalue weighted by Gasteiger charge is -2.33. The number of halogens is 3. The first-order valence-corrected chi connectivity index (χ1v) is 7.16. The van der Waals surface area contributed by atoms with Crippen molar-refractivity contribution in [2.24, 2.45) is 0 Å². The van der Waals surface area contributed by atoms with Gasteiger partial charge in [0.2, 0.25) is 0 Å². The Kier molecular flexibility index (Phi) is 3.96. The number of nitrogens with zero attached hydrogens (tertiary/aromatic N) is 1. The predicted octanol–water partition coefficient (Wildman–Crippen LogP) is 4.49. The Labute approximate surface area is 127 Å². The lowest BCUT2D eigenvalue weighted by molar-refractivity contribution is -0.137. The van der Waals surface area contributed by atoms with Crippen LogP contribution < -0.4 is 9.64 Å².